The molecule has 3 N–H and O–H groups in total. The van der Waals surface area contributed by atoms with Crippen molar-refractivity contribution < 1.29 is 19.1 Å². The van der Waals surface area contributed by atoms with Gasteiger partial charge in [-0.05, 0) is 30.5 Å². The van der Waals surface area contributed by atoms with Crippen LogP contribution in [0, 0.1) is 11.7 Å². The molecule has 0 radical (unpaired) electrons. The van der Waals surface area contributed by atoms with Crippen molar-refractivity contribution in [1.82, 2.24) is 5.32 Å². The fraction of sp³-hybridized carbons (Fsp3) is 0.429. The lowest BCUT2D eigenvalue weighted by Crippen LogP contribution is -2.31. The normalized spacial score (nSPS) is 14.4. The molecule has 20 heavy (non-hydrogen) atoms. The third kappa shape index (κ3) is 3.69. The Morgan fingerprint density at radius 3 is 2.65 bits per heavy atom. The molecule has 2 rings (SSSR count). The Bertz CT molecular complexity index is 515. The summed E-state index contributed by atoms with van der Waals surface area (Å²) in [6.07, 6.45) is 4.63. The number of hydrogen-bond donors (Lipinski definition) is 3. The van der Waals surface area contributed by atoms with E-state index in [1.165, 1.54) is 31.4 Å². The molecule has 108 valence electrons. The molecule has 1 saturated carbocycles. The van der Waals surface area contributed by atoms with Crippen LogP contribution in [0.1, 0.15) is 36.0 Å². The van der Waals surface area contributed by atoms with Crippen molar-refractivity contribution in [1.29, 1.82) is 0 Å². The van der Waals surface area contributed by atoms with Gasteiger partial charge in [-0.25, -0.2) is 14.0 Å². The molecule has 1 fully saturated rings. The van der Waals surface area contributed by atoms with Crippen LogP contribution < -0.4 is 10.6 Å². The highest BCUT2D eigenvalue weighted by Gasteiger charge is 2.17. The Hall–Kier alpha value is -2.11. The minimum atomic E-state index is -1.21. The van der Waals surface area contributed by atoms with Crippen molar-refractivity contribution in [3.8, 4) is 0 Å². The molecule has 0 unspecified atom stereocenters. The number of carboxylic acids is 1. The number of carbonyl (C=O) groups excluding carboxylic acids is 1. The number of carboxylic acid groups (broad SMARTS) is 1. The van der Waals surface area contributed by atoms with Crippen molar-refractivity contribution in [2.75, 3.05) is 11.9 Å². The van der Waals surface area contributed by atoms with Crippen LogP contribution in [0.2, 0.25) is 0 Å². The summed E-state index contributed by atoms with van der Waals surface area (Å²) in [4.78, 5) is 22.2. The van der Waals surface area contributed by atoms with E-state index in [2.05, 4.69) is 10.6 Å². The number of rotatable bonds is 5. The highest BCUT2D eigenvalue weighted by Crippen LogP contribution is 2.28. The van der Waals surface area contributed by atoms with Crippen molar-refractivity contribution in [3.63, 3.8) is 0 Å². The Kier molecular flexibility index (Phi) is 4.55. The molecule has 6 heteroatoms. The van der Waals surface area contributed by atoms with E-state index >= 15 is 0 Å². The summed E-state index contributed by atoms with van der Waals surface area (Å²) >= 11 is 0. The number of halogens is 1. The first-order valence-electron chi connectivity index (χ1n) is 6.64. The van der Waals surface area contributed by atoms with Crippen LogP contribution in [0.5, 0.6) is 0 Å². The van der Waals surface area contributed by atoms with Gasteiger partial charge in [-0.3, -0.25) is 0 Å². The van der Waals surface area contributed by atoms with Crippen LogP contribution in [0.25, 0.3) is 0 Å². The van der Waals surface area contributed by atoms with E-state index in [9.17, 15) is 14.0 Å². The van der Waals surface area contributed by atoms with Crippen molar-refractivity contribution >= 4 is 17.7 Å². The lowest BCUT2D eigenvalue weighted by molar-refractivity contribution is 0.0696. The van der Waals surface area contributed by atoms with Gasteiger partial charge >= 0.3 is 12.0 Å². The molecule has 0 spiro atoms. The van der Waals surface area contributed by atoms with Crippen LogP contribution in [-0.4, -0.2) is 23.7 Å². The summed E-state index contributed by atoms with van der Waals surface area (Å²) < 4.78 is 13.6. The van der Waals surface area contributed by atoms with Crippen LogP contribution >= 0.6 is 0 Å². The molecular formula is C14H17FN2O3. The molecule has 0 atom stereocenters. The van der Waals surface area contributed by atoms with Gasteiger partial charge in [-0.15, -0.1) is 0 Å². The van der Waals surface area contributed by atoms with Crippen LogP contribution in [0.3, 0.4) is 0 Å². The summed E-state index contributed by atoms with van der Waals surface area (Å²) in [5.74, 6) is -1.28. The average Bonchev–Trinajstić information content (AvgIpc) is 2.34. The molecule has 0 aromatic heterocycles. The maximum Gasteiger partial charge on any atom is 0.335 e. The van der Waals surface area contributed by atoms with Crippen LogP contribution in [0.4, 0.5) is 14.9 Å². The summed E-state index contributed by atoms with van der Waals surface area (Å²) in [5, 5.41) is 13.7. The van der Waals surface area contributed by atoms with Gasteiger partial charge in [-0.1, -0.05) is 19.3 Å². The van der Waals surface area contributed by atoms with E-state index < -0.39 is 17.8 Å². The molecule has 0 heterocycles. The van der Waals surface area contributed by atoms with E-state index in [-0.39, 0.29) is 11.3 Å². The molecule has 5 nitrogen and oxygen atoms in total. The number of carbonyl (C=O) groups is 2. The highest BCUT2D eigenvalue weighted by molar-refractivity contribution is 5.91. The van der Waals surface area contributed by atoms with Crippen LogP contribution in [-0.2, 0) is 0 Å². The van der Waals surface area contributed by atoms with Gasteiger partial charge in [-0.2, -0.15) is 0 Å². The van der Waals surface area contributed by atoms with Crippen molar-refractivity contribution in [2.45, 2.75) is 25.7 Å². The number of amides is 2. The van der Waals surface area contributed by atoms with E-state index in [0.717, 1.165) is 12.5 Å². The summed E-state index contributed by atoms with van der Waals surface area (Å²) in [5.41, 5.74) is -0.186. The molecule has 0 bridgehead atoms. The molecule has 1 aliphatic carbocycles. The predicted octanol–water partition coefficient (Wildman–Crippen LogP) is 2.84. The molecular weight excluding hydrogens is 263 g/mol. The summed E-state index contributed by atoms with van der Waals surface area (Å²) in [7, 11) is 0. The fourth-order valence-electron chi connectivity index (χ4n) is 2.09. The Balaban J connectivity index is 1.82. The van der Waals surface area contributed by atoms with E-state index in [0.29, 0.717) is 12.5 Å². The lowest BCUT2D eigenvalue weighted by atomic mass is 9.83. The molecule has 0 saturated heterocycles. The number of aromatic carboxylic acids is 1. The van der Waals surface area contributed by atoms with Gasteiger partial charge in [0.25, 0.3) is 0 Å². The maximum absolute atomic E-state index is 13.6. The first-order chi connectivity index (χ1) is 9.56. The first-order valence-corrected chi connectivity index (χ1v) is 6.64. The summed E-state index contributed by atoms with van der Waals surface area (Å²) in [6, 6.07) is 2.89. The topological polar surface area (TPSA) is 78.4 Å². The van der Waals surface area contributed by atoms with Gasteiger partial charge in [0.1, 0.15) is 5.82 Å². The Labute approximate surface area is 116 Å². The number of nitrogens with one attached hydrogen (secondary N) is 2. The molecule has 1 aromatic carbocycles. The largest absolute Gasteiger partial charge is 0.478 e. The second-order valence-corrected chi connectivity index (χ2v) is 4.97. The van der Waals surface area contributed by atoms with Gasteiger partial charge < -0.3 is 15.7 Å². The quantitative estimate of drug-likeness (QED) is 0.776. The third-order valence-electron chi connectivity index (χ3n) is 3.53. The second-order valence-electron chi connectivity index (χ2n) is 4.97. The highest BCUT2D eigenvalue weighted by atomic mass is 19.1. The summed E-state index contributed by atoms with van der Waals surface area (Å²) in [6.45, 7) is 0.561. The minimum absolute atomic E-state index is 0.0313. The molecule has 1 aromatic rings. The van der Waals surface area contributed by atoms with E-state index in [1.807, 2.05) is 0 Å². The van der Waals surface area contributed by atoms with Crippen LogP contribution in [0.15, 0.2) is 18.2 Å². The smallest absolute Gasteiger partial charge is 0.335 e. The number of urea groups is 1. The van der Waals surface area contributed by atoms with Gasteiger partial charge in [0.15, 0.2) is 0 Å². The first kappa shape index (κ1) is 14.3. The molecule has 0 aliphatic heterocycles. The molecule has 1 aliphatic rings. The third-order valence-corrected chi connectivity index (χ3v) is 3.53. The van der Waals surface area contributed by atoms with E-state index in [1.54, 1.807) is 0 Å². The fourth-order valence-corrected chi connectivity index (χ4v) is 2.09. The Morgan fingerprint density at radius 1 is 1.35 bits per heavy atom. The zero-order valence-electron chi connectivity index (χ0n) is 11.0. The Morgan fingerprint density at radius 2 is 2.10 bits per heavy atom. The van der Waals surface area contributed by atoms with E-state index in [4.69, 9.17) is 5.11 Å². The predicted molar refractivity (Wildman–Crippen MR) is 72.3 cm³/mol. The SMILES string of the molecule is O=C(NCCC1CCC1)Nc1ccc(C(=O)O)cc1F. The monoisotopic (exact) mass is 280 g/mol. The van der Waals surface area contributed by atoms with Crippen molar-refractivity contribution in [3.05, 3.63) is 29.6 Å². The van der Waals surface area contributed by atoms with Gasteiger partial charge in [0, 0.05) is 6.54 Å². The number of anilines is 1. The van der Waals surface area contributed by atoms with Crippen molar-refractivity contribution in [2.24, 2.45) is 5.92 Å². The lowest BCUT2D eigenvalue weighted by Gasteiger charge is -2.25. The second kappa shape index (κ2) is 6.36. The van der Waals surface area contributed by atoms with Gasteiger partial charge in [0.2, 0.25) is 0 Å². The molecule has 2 amide bonds. The zero-order valence-corrected chi connectivity index (χ0v) is 11.0. The zero-order chi connectivity index (χ0) is 14.5. The maximum atomic E-state index is 13.6. The number of benzene rings is 1. The standard InChI is InChI=1S/C14H17FN2O3/c15-11-8-10(13(18)19)4-5-12(11)17-14(20)16-7-6-9-2-1-3-9/h4-5,8-9H,1-3,6-7H2,(H,18,19)(H2,16,17,20). The minimum Gasteiger partial charge on any atom is -0.478 e. The number of hydrogen-bond acceptors (Lipinski definition) is 2. The van der Waals surface area contributed by atoms with Gasteiger partial charge in [0.05, 0.1) is 11.3 Å². The average molecular weight is 280 g/mol.